The Morgan fingerprint density at radius 2 is 1.87 bits per heavy atom. The van der Waals surface area contributed by atoms with E-state index in [1.165, 1.54) is 19.1 Å². The van der Waals surface area contributed by atoms with Crippen molar-refractivity contribution < 1.29 is 27.1 Å². The van der Waals surface area contributed by atoms with Gasteiger partial charge in [0.05, 0.1) is 17.0 Å². The van der Waals surface area contributed by atoms with Crippen molar-refractivity contribution in [1.29, 1.82) is 0 Å². The third-order valence-electron chi connectivity index (χ3n) is 3.22. The SMILES string of the molecule is Cc1cc(-c2cc(-c3cc(F)ccc3O)[nH]n2)c(C(F)(F)F)o1. The number of benzene rings is 1. The van der Waals surface area contributed by atoms with E-state index in [9.17, 15) is 22.7 Å². The number of hydrogen-bond acceptors (Lipinski definition) is 3. The molecule has 2 N–H and O–H groups in total. The van der Waals surface area contributed by atoms with E-state index in [1.807, 2.05) is 0 Å². The smallest absolute Gasteiger partial charge is 0.450 e. The van der Waals surface area contributed by atoms with E-state index in [0.717, 1.165) is 18.2 Å². The van der Waals surface area contributed by atoms with Gasteiger partial charge in [-0.05, 0) is 37.3 Å². The van der Waals surface area contributed by atoms with Gasteiger partial charge in [0.1, 0.15) is 17.3 Å². The van der Waals surface area contributed by atoms with Crippen molar-refractivity contribution in [2.45, 2.75) is 13.1 Å². The van der Waals surface area contributed by atoms with Crippen molar-refractivity contribution in [1.82, 2.24) is 10.2 Å². The highest BCUT2D eigenvalue weighted by molar-refractivity contribution is 5.73. The van der Waals surface area contributed by atoms with Crippen LogP contribution in [0.4, 0.5) is 17.6 Å². The highest BCUT2D eigenvalue weighted by Gasteiger charge is 2.39. The maximum Gasteiger partial charge on any atom is 0.450 e. The van der Waals surface area contributed by atoms with E-state index >= 15 is 0 Å². The van der Waals surface area contributed by atoms with Gasteiger partial charge in [-0.1, -0.05) is 0 Å². The molecule has 0 fully saturated rings. The highest BCUT2D eigenvalue weighted by Crippen LogP contribution is 2.39. The molecule has 1 aromatic carbocycles. The van der Waals surface area contributed by atoms with Gasteiger partial charge in [-0.15, -0.1) is 0 Å². The van der Waals surface area contributed by atoms with Gasteiger partial charge < -0.3 is 9.52 Å². The lowest BCUT2D eigenvalue weighted by Crippen LogP contribution is -2.04. The van der Waals surface area contributed by atoms with Crippen LogP contribution in [0.1, 0.15) is 11.5 Å². The molecule has 0 saturated heterocycles. The maximum absolute atomic E-state index is 13.3. The Morgan fingerprint density at radius 1 is 1.13 bits per heavy atom. The van der Waals surface area contributed by atoms with E-state index < -0.39 is 17.8 Å². The number of aromatic amines is 1. The normalized spacial score (nSPS) is 11.9. The molecule has 2 heterocycles. The molecule has 23 heavy (non-hydrogen) atoms. The minimum atomic E-state index is -4.66. The van der Waals surface area contributed by atoms with Crippen LogP contribution in [0.25, 0.3) is 22.5 Å². The summed E-state index contributed by atoms with van der Waals surface area (Å²) in [6.45, 7) is 1.39. The number of aromatic nitrogens is 2. The van der Waals surface area contributed by atoms with Crippen LogP contribution in [0.2, 0.25) is 0 Å². The lowest BCUT2D eigenvalue weighted by molar-refractivity contribution is -0.152. The summed E-state index contributed by atoms with van der Waals surface area (Å²) in [5, 5.41) is 16.0. The molecule has 0 aliphatic carbocycles. The molecular weight excluding hydrogens is 316 g/mol. The number of aryl methyl sites for hydroxylation is 1. The van der Waals surface area contributed by atoms with Crippen molar-refractivity contribution in [3.05, 3.63) is 47.7 Å². The standard InChI is InChI=1S/C15H10F4N2O2/c1-7-4-10(14(23-7)15(17,18)19)12-6-11(20-21-12)9-5-8(16)2-3-13(9)22/h2-6,22H,1H3,(H,20,21). The van der Waals surface area contributed by atoms with Gasteiger partial charge in [0.15, 0.2) is 0 Å². The maximum atomic E-state index is 13.3. The quantitative estimate of drug-likeness (QED) is 0.681. The number of alkyl halides is 3. The van der Waals surface area contributed by atoms with E-state index in [1.54, 1.807) is 0 Å². The van der Waals surface area contributed by atoms with Gasteiger partial charge in [0.25, 0.3) is 0 Å². The number of aromatic hydroxyl groups is 1. The second-order valence-electron chi connectivity index (χ2n) is 4.93. The third kappa shape index (κ3) is 2.79. The number of phenols is 1. The molecule has 120 valence electrons. The van der Waals surface area contributed by atoms with E-state index in [-0.39, 0.29) is 34.0 Å². The zero-order valence-corrected chi connectivity index (χ0v) is 11.7. The van der Waals surface area contributed by atoms with Crippen molar-refractivity contribution in [2.24, 2.45) is 0 Å². The summed E-state index contributed by atoms with van der Waals surface area (Å²) in [5.74, 6) is -1.88. The summed E-state index contributed by atoms with van der Waals surface area (Å²) in [4.78, 5) is 0. The minimum Gasteiger partial charge on any atom is -0.507 e. The number of nitrogens with one attached hydrogen (secondary N) is 1. The van der Waals surface area contributed by atoms with Gasteiger partial charge in [0, 0.05) is 5.56 Å². The first-order chi connectivity index (χ1) is 10.8. The first-order valence-corrected chi connectivity index (χ1v) is 6.48. The highest BCUT2D eigenvalue weighted by atomic mass is 19.4. The Labute approximate surface area is 127 Å². The fraction of sp³-hybridized carbons (Fsp3) is 0.133. The molecule has 4 nitrogen and oxygen atoms in total. The average molecular weight is 326 g/mol. The van der Waals surface area contributed by atoms with E-state index in [2.05, 4.69) is 10.2 Å². The zero-order valence-electron chi connectivity index (χ0n) is 11.7. The molecular formula is C15H10F4N2O2. The van der Waals surface area contributed by atoms with Gasteiger partial charge in [-0.3, -0.25) is 5.10 Å². The molecule has 8 heteroatoms. The topological polar surface area (TPSA) is 62.0 Å². The summed E-state index contributed by atoms with van der Waals surface area (Å²) in [6.07, 6.45) is -4.66. The lowest BCUT2D eigenvalue weighted by atomic mass is 10.1. The second kappa shape index (κ2) is 5.15. The third-order valence-corrected chi connectivity index (χ3v) is 3.22. The van der Waals surface area contributed by atoms with Crippen molar-refractivity contribution in [2.75, 3.05) is 0 Å². The molecule has 2 aromatic heterocycles. The van der Waals surface area contributed by atoms with Crippen LogP contribution in [0.15, 0.2) is 34.7 Å². The molecule has 0 atom stereocenters. The minimum absolute atomic E-state index is 0.0205. The predicted molar refractivity (Wildman–Crippen MR) is 73.1 cm³/mol. The molecule has 3 rings (SSSR count). The number of halogens is 4. The molecule has 0 radical (unpaired) electrons. The fourth-order valence-corrected chi connectivity index (χ4v) is 2.24. The summed E-state index contributed by atoms with van der Waals surface area (Å²) in [5.41, 5.74) is 0.0303. The summed E-state index contributed by atoms with van der Waals surface area (Å²) in [6, 6.07) is 5.77. The van der Waals surface area contributed by atoms with Crippen molar-refractivity contribution in [3.8, 4) is 28.3 Å². The summed E-state index contributed by atoms with van der Waals surface area (Å²) in [7, 11) is 0. The number of nitrogens with zero attached hydrogens (tertiary/aromatic N) is 1. The Morgan fingerprint density at radius 3 is 2.57 bits per heavy atom. The molecule has 0 amide bonds. The van der Waals surface area contributed by atoms with Crippen molar-refractivity contribution >= 4 is 0 Å². The Bertz CT molecular complexity index is 865. The Kier molecular flexibility index (Phi) is 3.39. The number of H-pyrrole nitrogens is 1. The molecule has 0 bridgehead atoms. The molecule has 0 aliphatic heterocycles. The van der Waals surface area contributed by atoms with Gasteiger partial charge in [-0.25, -0.2) is 4.39 Å². The molecule has 0 spiro atoms. The van der Waals surface area contributed by atoms with Crippen LogP contribution >= 0.6 is 0 Å². The number of hydrogen-bond donors (Lipinski definition) is 2. The number of rotatable bonds is 2. The van der Waals surface area contributed by atoms with Gasteiger partial charge in [0.2, 0.25) is 5.76 Å². The number of phenolic OH excluding ortho intramolecular Hbond substituents is 1. The Balaban J connectivity index is 2.08. The molecule has 0 aliphatic rings. The molecule has 3 aromatic rings. The van der Waals surface area contributed by atoms with Gasteiger partial charge >= 0.3 is 6.18 Å². The van der Waals surface area contributed by atoms with Gasteiger partial charge in [-0.2, -0.15) is 18.3 Å². The Hall–Kier alpha value is -2.77. The van der Waals surface area contributed by atoms with E-state index in [4.69, 9.17) is 4.42 Å². The first kappa shape index (κ1) is 15.1. The first-order valence-electron chi connectivity index (χ1n) is 6.48. The van der Waals surface area contributed by atoms with Crippen LogP contribution in [-0.2, 0) is 6.18 Å². The van der Waals surface area contributed by atoms with Crippen LogP contribution in [0, 0.1) is 12.7 Å². The summed E-state index contributed by atoms with van der Waals surface area (Å²) < 4.78 is 56.9. The monoisotopic (exact) mass is 326 g/mol. The molecule has 0 unspecified atom stereocenters. The summed E-state index contributed by atoms with van der Waals surface area (Å²) >= 11 is 0. The lowest BCUT2D eigenvalue weighted by Gasteiger charge is -2.04. The fourth-order valence-electron chi connectivity index (χ4n) is 2.24. The van der Waals surface area contributed by atoms with E-state index in [0.29, 0.717) is 0 Å². The predicted octanol–water partition coefficient (Wildman–Crippen LogP) is 4.51. The van der Waals surface area contributed by atoms with Crippen LogP contribution in [-0.4, -0.2) is 15.3 Å². The largest absolute Gasteiger partial charge is 0.507 e. The van der Waals surface area contributed by atoms with Crippen LogP contribution < -0.4 is 0 Å². The van der Waals surface area contributed by atoms with Crippen molar-refractivity contribution in [3.63, 3.8) is 0 Å². The van der Waals surface area contributed by atoms with Crippen LogP contribution in [0.5, 0.6) is 5.75 Å². The average Bonchev–Trinajstić information content (AvgIpc) is 3.07. The molecule has 0 saturated carbocycles. The number of furan rings is 1. The second-order valence-corrected chi connectivity index (χ2v) is 4.93. The zero-order chi connectivity index (χ0) is 16.8. The van der Waals surface area contributed by atoms with Crippen LogP contribution in [0.3, 0.4) is 0 Å².